The van der Waals surface area contributed by atoms with Gasteiger partial charge in [-0.3, -0.25) is 0 Å². The van der Waals surface area contributed by atoms with Crippen LogP contribution in [0.5, 0.6) is 5.75 Å². The van der Waals surface area contributed by atoms with Gasteiger partial charge in [-0.1, -0.05) is 0 Å². The molecule has 1 aliphatic rings. The molecule has 0 aromatic heterocycles. The Bertz CT molecular complexity index is 488. The van der Waals surface area contributed by atoms with Crippen LogP contribution >= 0.6 is 0 Å². The van der Waals surface area contributed by atoms with Gasteiger partial charge in [0.15, 0.2) is 0 Å². The van der Waals surface area contributed by atoms with E-state index in [4.69, 9.17) is 4.74 Å². The van der Waals surface area contributed by atoms with Crippen LogP contribution in [-0.4, -0.2) is 49.8 Å². The second kappa shape index (κ2) is 7.30. The van der Waals surface area contributed by atoms with Gasteiger partial charge in [-0.2, -0.15) is 13.2 Å². The standard InChI is InChI=1S/C15H21F3N2O2/c1-22-14-3-2-11(15(16,17)18)10-12(14)13(21)4-7-20-8-5-19-6-9-20/h2-3,10,13,19,21H,4-9H2,1H3. The van der Waals surface area contributed by atoms with Crippen molar-refractivity contribution in [1.82, 2.24) is 10.2 Å². The fraction of sp³-hybridized carbons (Fsp3) is 0.600. The molecule has 1 unspecified atom stereocenters. The molecule has 1 aliphatic heterocycles. The highest BCUT2D eigenvalue weighted by Gasteiger charge is 2.32. The Labute approximate surface area is 127 Å². The van der Waals surface area contributed by atoms with Gasteiger partial charge in [0.1, 0.15) is 5.75 Å². The summed E-state index contributed by atoms with van der Waals surface area (Å²) < 4.78 is 43.5. The minimum absolute atomic E-state index is 0.187. The highest BCUT2D eigenvalue weighted by atomic mass is 19.4. The van der Waals surface area contributed by atoms with Crippen LogP contribution in [0.15, 0.2) is 18.2 Å². The van der Waals surface area contributed by atoms with Crippen molar-refractivity contribution in [2.75, 3.05) is 39.8 Å². The van der Waals surface area contributed by atoms with E-state index < -0.39 is 17.8 Å². The predicted octanol–water partition coefficient (Wildman–Crippen LogP) is 2.04. The lowest BCUT2D eigenvalue weighted by molar-refractivity contribution is -0.137. The molecule has 4 nitrogen and oxygen atoms in total. The number of nitrogens with zero attached hydrogens (tertiary/aromatic N) is 1. The summed E-state index contributed by atoms with van der Waals surface area (Å²) in [5.74, 6) is 0.279. The van der Waals surface area contributed by atoms with Gasteiger partial charge in [-0.25, -0.2) is 0 Å². The number of hydrogen-bond donors (Lipinski definition) is 2. The second-order valence-electron chi connectivity index (χ2n) is 5.35. The monoisotopic (exact) mass is 318 g/mol. The minimum Gasteiger partial charge on any atom is -0.496 e. The van der Waals surface area contributed by atoms with Crippen LogP contribution in [-0.2, 0) is 6.18 Å². The molecule has 2 rings (SSSR count). The molecule has 2 N–H and O–H groups in total. The van der Waals surface area contributed by atoms with E-state index in [0.717, 1.165) is 38.3 Å². The molecule has 1 aromatic rings. The number of alkyl halides is 3. The molecule has 22 heavy (non-hydrogen) atoms. The minimum atomic E-state index is -4.43. The Hall–Kier alpha value is -1.31. The van der Waals surface area contributed by atoms with Crippen LogP contribution < -0.4 is 10.1 Å². The van der Waals surface area contributed by atoms with Crippen molar-refractivity contribution in [1.29, 1.82) is 0 Å². The topological polar surface area (TPSA) is 44.7 Å². The second-order valence-corrected chi connectivity index (χ2v) is 5.35. The van der Waals surface area contributed by atoms with Crippen LogP contribution in [0.2, 0.25) is 0 Å². The van der Waals surface area contributed by atoms with Crippen LogP contribution in [0.4, 0.5) is 13.2 Å². The molecule has 1 aromatic carbocycles. The number of ether oxygens (including phenoxy) is 1. The van der Waals surface area contributed by atoms with E-state index in [0.29, 0.717) is 13.0 Å². The van der Waals surface area contributed by atoms with E-state index in [1.165, 1.54) is 13.2 Å². The highest BCUT2D eigenvalue weighted by Crippen LogP contribution is 2.35. The van der Waals surface area contributed by atoms with Gasteiger partial charge in [-0.05, 0) is 24.6 Å². The lowest BCUT2D eigenvalue weighted by atomic mass is 10.0. The van der Waals surface area contributed by atoms with Gasteiger partial charge in [0.05, 0.1) is 18.8 Å². The number of aliphatic hydroxyl groups excluding tert-OH is 1. The van der Waals surface area contributed by atoms with E-state index in [9.17, 15) is 18.3 Å². The van der Waals surface area contributed by atoms with Gasteiger partial charge in [0.25, 0.3) is 0 Å². The molecule has 7 heteroatoms. The molecule has 1 fully saturated rings. The molecule has 0 radical (unpaired) electrons. The summed E-state index contributed by atoms with van der Waals surface area (Å²) in [4.78, 5) is 2.18. The van der Waals surface area contributed by atoms with Gasteiger partial charge >= 0.3 is 6.18 Å². The van der Waals surface area contributed by atoms with Crippen LogP contribution in [0.1, 0.15) is 23.7 Å². The van der Waals surface area contributed by atoms with E-state index in [1.807, 2.05) is 0 Å². The predicted molar refractivity (Wildman–Crippen MR) is 76.9 cm³/mol. The first-order valence-electron chi connectivity index (χ1n) is 7.28. The molecule has 0 saturated carbocycles. The number of benzene rings is 1. The Morgan fingerprint density at radius 3 is 2.59 bits per heavy atom. The summed E-state index contributed by atoms with van der Waals surface area (Å²) in [5.41, 5.74) is -0.586. The fourth-order valence-corrected chi connectivity index (χ4v) is 2.57. The molecule has 0 amide bonds. The first kappa shape index (κ1) is 17.1. The summed E-state index contributed by atoms with van der Waals surface area (Å²) in [6.07, 6.45) is -5.04. The molecule has 124 valence electrons. The molecule has 0 spiro atoms. The Balaban J connectivity index is 2.07. The molecule has 1 saturated heterocycles. The third kappa shape index (κ3) is 4.34. The van der Waals surface area contributed by atoms with Crippen molar-refractivity contribution in [2.24, 2.45) is 0 Å². The number of piperazine rings is 1. The van der Waals surface area contributed by atoms with Crippen molar-refractivity contribution in [2.45, 2.75) is 18.7 Å². The number of nitrogens with one attached hydrogen (secondary N) is 1. The summed E-state index contributed by atoms with van der Waals surface area (Å²) in [6, 6.07) is 3.19. The van der Waals surface area contributed by atoms with Gasteiger partial charge in [-0.15, -0.1) is 0 Å². The highest BCUT2D eigenvalue weighted by molar-refractivity contribution is 5.39. The zero-order chi connectivity index (χ0) is 16.2. The van der Waals surface area contributed by atoms with Gasteiger partial charge in [0.2, 0.25) is 0 Å². The van der Waals surface area contributed by atoms with Crippen LogP contribution in [0.25, 0.3) is 0 Å². The fourth-order valence-electron chi connectivity index (χ4n) is 2.57. The summed E-state index contributed by atoms with van der Waals surface area (Å²) in [5, 5.41) is 13.5. The Kier molecular flexibility index (Phi) is 5.66. The quantitative estimate of drug-likeness (QED) is 0.872. The summed E-state index contributed by atoms with van der Waals surface area (Å²) >= 11 is 0. The van der Waals surface area contributed by atoms with Gasteiger partial charge in [0, 0.05) is 38.3 Å². The summed E-state index contributed by atoms with van der Waals surface area (Å²) in [6.45, 7) is 4.19. The van der Waals surface area contributed by atoms with Gasteiger partial charge < -0.3 is 20.1 Å². The number of halogens is 3. The summed E-state index contributed by atoms with van der Waals surface area (Å²) in [7, 11) is 1.38. The lowest BCUT2D eigenvalue weighted by Gasteiger charge is -2.28. The molecule has 1 heterocycles. The van der Waals surface area contributed by atoms with E-state index >= 15 is 0 Å². The van der Waals surface area contributed by atoms with E-state index in [2.05, 4.69) is 10.2 Å². The number of rotatable bonds is 5. The first-order valence-corrected chi connectivity index (χ1v) is 7.28. The number of hydrogen-bond acceptors (Lipinski definition) is 4. The molecular formula is C15H21F3N2O2. The van der Waals surface area contributed by atoms with Crippen molar-refractivity contribution < 1.29 is 23.0 Å². The maximum atomic E-state index is 12.8. The molecular weight excluding hydrogens is 297 g/mol. The third-order valence-corrected chi connectivity index (χ3v) is 3.84. The van der Waals surface area contributed by atoms with Crippen molar-refractivity contribution in [3.05, 3.63) is 29.3 Å². The average Bonchev–Trinajstić information content (AvgIpc) is 2.52. The SMILES string of the molecule is COc1ccc(C(F)(F)F)cc1C(O)CCN1CCNCC1. The largest absolute Gasteiger partial charge is 0.496 e. The van der Waals surface area contributed by atoms with Crippen LogP contribution in [0.3, 0.4) is 0 Å². The maximum Gasteiger partial charge on any atom is 0.416 e. The Morgan fingerprint density at radius 2 is 2.00 bits per heavy atom. The normalized spacial score (nSPS) is 18.2. The van der Waals surface area contributed by atoms with Crippen LogP contribution in [0, 0.1) is 0 Å². The lowest BCUT2D eigenvalue weighted by Crippen LogP contribution is -2.44. The zero-order valence-electron chi connectivity index (χ0n) is 12.5. The van der Waals surface area contributed by atoms with E-state index in [-0.39, 0.29) is 11.3 Å². The number of aliphatic hydroxyl groups is 1. The Morgan fingerprint density at radius 1 is 1.32 bits per heavy atom. The van der Waals surface area contributed by atoms with E-state index in [1.54, 1.807) is 0 Å². The molecule has 0 bridgehead atoms. The maximum absolute atomic E-state index is 12.8. The first-order chi connectivity index (χ1) is 10.4. The van der Waals surface area contributed by atoms with Crippen molar-refractivity contribution in [3.63, 3.8) is 0 Å². The third-order valence-electron chi connectivity index (χ3n) is 3.84. The van der Waals surface area contributed by atoms with Crippen molar-refractivity contribution >= 4 is 0 Å². The number of methoxy groups -OCH3 is 1. The molecule has 0 aliphatic carbocycles. The molecule has 1 atom stereocenters. The smallest absolute Gasteiger partial charge is 0.416 e. The van der Waals surface area contributed by atoms with Crippen molar-refractivity contribution in [3.8, 4) is 5.75 Å². The average molecular weight is 318 g/mol. The zero-order valence-corrected chi connectivity index (χ0v) is 12.5.